The molecule has 0 aliphatic rings. The third-order valence-electron chi connectivity index (χ3n) is 4.76. The third-order valence-corrected chi connectivity index (χ3v) is 4.76. The van der Waals surface area contributed by atoms with E-state index >= 15 is 0 Å². The van der Waals surface area contributed by atoms with Crippen LogP contribution in [-0.2, 0) is 0 Å². The lowest BCUT2D eigenvalue weighted by Crippen LogP contribution is -1.91. The highest BCUT2D eigenvalue weighted by molar-refractivity contribution is 6.16. The fourth-order valence-corrected chi connectivity index (χ4v) is 3.74. The first-order valence-corrected chi connectivity index (χ1v) is 7.48. The summed E-state index contributed by atoms with van der Waals surface area (Å²) in [5.74, 6) is 0. The van der Waals surface area contributed by atoms with Gasteiger partial charge in [0.05, 0.1) is 0 Å². The van der Waals surface area contributed by atoms with Gasteiger partial charge in [-0.05, 0) is 69.8 Å². The molecule has 0 fully saturated rings. The van der Waals surface area contributed by atoms with E-state index in [1.165, 1.54) is 49.0 Å². The number of rotatable bonds is 0. The van der Waals surface area contributed by atoms with E-state index < -0.39 is 0 Å². The first-order chi connectivity index (χ1) is 10.2. The maximum Gasteiger partial charge on any atom is -0.00670 e. The van der Waals surface area contributed by atoms with Gasteiger partial charge >= 0.3 is 0 Å². The standard InChI is InChI=1S/C21H18/c1-13-7-6-10-17-14(2)18-12-11-16-8-4-5-9-19(16)21(18)15(3)20(13)17/h4-12H,1-3H3. The molecule has 4 aromatic rings. The molecule has 4 rings (SSSR count). The Morgan fingerprint density at radius 3 is 2.10 bits per heavy atom. The Morgan fingerprint density at radius 2 is 1.24 bits per heavy atom. The molecule has 0 unspecified atom stereocenters. The minimum atomic E-state index is 1.32. The summed E-state index contributed by atoms with van der Waals surface area (Å²) in [4.78, 5) is 0. The van der Waals surface area contributed by atoms with E-state index in [1.807, 2.05) is 0 Å². The van der Waals surface area contributed by atoms with E-state index in [1.54, 1.807) is 0 Å². The summed E-state index contributed by atoms with van der Waals surface area (Å²) < 4.78 is 0. The fraction of sp³-hybridized carbons (Fsp3) is 0.143. The molecule has 0 saturated carbocycles. The van der Waals surface area contributed by atoms with Crippen LogP contribution in [0.1, 0.15) is 16.7 Å². The van der Waals surface area contributed by atoms with Gasteiger partial charge in [0.15, 0.2) is 0 Å². The van der Waals surface area contributed by atoms with Gasteiger partial charge in [-0.1, -0.05) is 54.6 Å². The highest BCUT2D eigenvalue weighted by Gasteiger charge is 2.12. The van der Waals surface area contributed by atoms with Crippen LogP contribution in [0.15, 0.2) is 54.6 Å². The second kappa shape index (κ2) is 4.33. The van der Waals surface area contributed by atoms with Crippen molar-refractivity contribution >= 4 is 32.3 Å². The van der Waals surface area contributed by atoms with E-state index in [0.29, 0.717) is 0 Å². The van der Waals surface area contributed by atoms with Crippen LogP contribution in [0.3, 0.4) is 0 Å². The lowest BCUT2D eigenvalue weighted by atomic mass is 9.88. The molecule has 0 aliphatic carbocycles. The Hall–Kier alpha value is -2.34. The Bertz CT molecular complexity index is 1010. The normalized spacial score (nSPS) is 11.6. The van der Waals surface area contributed by atoms with Gasteiger partial charge in [0.2, 0.25) is 0 Å². The second-order valence-corrected chi connectivity index (χ2v) is 5.96. The van der Waals surface area contributed by atoms with Gasteiger partial charge in [-0.2, -0.15) is 0 Å². The quantitative estimate of drug-likeness (QED) is 0.268. The summed E-state index contributed by atoms with van der Waals surface area (Å²) in [5.41, 5.74) is 4.16. The average molecular weight is 270 g/mol. The molecule has 4 aromatic carbocycles. The van der Waals surface area contributed by atoms with Crippen LogP contribution in [0.5, 0.6) is 0 Å². The molecular weight excluding hydrogens is 252 g/mol. The summed E-state index contributed by atoms with van der Waals surface area (Å²) in [7, 11) is 0. The minimum absolute atomic E-state index is 1.32. The topological polar surface area (TPSA) is 0 Å². The van der Waals surface area contributed by atoms with Crippen LogP contribution in [-0.4, -0.2) is 0 Å². The number of fused-ring (bicyclic) bond motifs is 4. The Morgan fingerprint density at radius 1 is 0.524 bits per heavy atom. The molecule has 0 radical (unpaired) electrons. The van der Waals surface area contributed by atoms with Gasteiger partial charge in [0.1, 0.15) is 0 Å². The number of benzene rings is 4. The van der Waals surface area contributed by atoms with Crippen LogP contribution < -0.4 is 0 Å². The summed E-state index contributed by atoms with van der Waals surface area (Å²) in [6.07, 6.45) is 0. The van der Waals surface area contributed by atoms with Gasteiger partial charge in [-0.3, -0.25) is 0 Å². The molecule has 0 amide bonds. The van der Waals surface area contributed by atoms with Crippen molar-refractivity contribution in [1.29, 1.82) is 0 Å². The van der Waals surface area contributed by atoms with E-state index in [-0.39, 0.29) is 0 Å². The Labute approximate surface area is 125 Å². The van der Waals surface area contributed by atoms with E-state index in [9.17, 15) is 0 Å². The minimum Gasteiger partial charge on any atom is -0.0616 e. The largest absolute Gasteiger partial charge is 0.0616 e. The van der Waals surface area contributed by atoms with Crippen molar-refractivity contribution in [3.05, 3.63) is 71.3 Å². The zero-order valence-electron chi connectivity index (χ0n) is 12.7. The first kappa shape index (κ1) is 12.4. The van der Waals surface area contributed by atoms with E-state index in [0.717, 1.165) is 0 Å². The summed E-state index contributed by atoms with van der Waals surface area (Å²) in [5, 5.41) is 8.27. The van der Waals surface area contributed by atoms with Crippen LogP contribution in [0.25, 0.3) is 32.3 Å². The zero-order valence-corrected chi connectivity index (χ0v) is 12.7. The Kier molecular flexibility index (Phi) is 2.56. The van der Waals surface area contributed by atoms with Gasteiger partial charge in [0.25, 0.3) is 0 Å². The first-order valence-electron chi connectivity index (χ1n) is 7.48. The molecule has 0 aromatic heterocycles. The van der Waals surface area contributed by atoms with Gasteiger partial charge < -0.3 is 0 Å². The molecule has 0 nitrogen and oxygen atoms in total. The van der Waals surface area contributed by atoms with Crippen molar-refractivity contribution < 1.29 is 0 Å². The van der Waals surface area contributed by atoms with Crippen LogP contribution in [0.2, 0.25) is 0 Å². The monoisotopic (exact) mass is 270 g/mol. The number of hydrogen-bond donors (Lipinski definition) is 0. The molecule has 0 saturated heterocycles. The molecule has 21 heavy (non-hydrogen) atoms. The maximum atomic E-state index is 2.28. The summed E-state index contributed by atoms with van der Waals surface area (Å²) >= 11 is 0. The molecule has 0 bridgehead atoms. The SMILES string of the molecule is Cc1c2cccc(C)c2c(C)c2c1ccc1ccccc12. The van der Waals surface area contributed by atoms with Crippen LogP contribution in [0.4, 0.5) is 0 Å². The lowest BCUT2D eigenvalue weighted by molar-refractivity contribution is 1.47. The van der Waals surface area contributed by atoms with Crippen molar-refractivity contribution in [3.63, 3.8) is 0 Å². The molecule has 0 N–H and O–H groups in total. The Balaban J connectivity index is 2.40. The molecular formula is C21H18. The molecule has 0 heterocycles. The highest BCUT2D eigenvalue weighted by Crippen LogP contribution is 2.37. The van der Waals surface area contributed by atoms with Crippen molar-refractivity contribution in [2.24, 2.45) is 0 Å². The van der Waals surface area contributed by atoms with E-state index in [2.05, 4.69) is 75.4 Å². The summed E-state index contributed by atoms with van der Waals surface area (Å²) in [6.45, 7) is 6.73. The highest BCUT2D eigenvalue weighted by atomic mass is 14.2. The van der Waals surface area contributed by atoms with Crippen molar-refractivity contribution in [2.75, 3.05) is 0 Å². The summed E-state index contributed by atoms with van der Waals surface area (Å²) in [6, 6.07) is 19.8. The van der Waals surface area contributed by atoms with Crippen molar-refractivity contribution in [2.45, 2.75) is 20.8 Å². The van der Waals surface area contributed by atoms with Crippen LogP contribution >= 0.6 is 0 Å². The third kappa shape index (κ3) is 1.62. The average Bonchev–Trinajstić information content (AvgIpc) is 2.51. The zero-order chi connectivity index (χ0) is 14.6. The molecule has 0 atom stereocenters. The lowest BCUT2D eigenvalue weighted by Gasteiger charge is -2.15. The predicted molar refractivity (Wildman–Crippen MR) is 93.2 cm³/mol. The molecule has 102 valence electrons. The molecule has 0 spiro atoms. The fourth-order valence-electron chi connectivity index (χ4n) is 3.74. The predicted octanol–water partition coefficient (Wildman–Crippen LogP) is 6.07. The smallest absolute Gasteiger partial charge is 0.00670 e. The van der Waals surface area contributed by atoms with Gasteiger partial charge in [0, 0.05) is 0 Å². The van der Waals surface area contributed by atoms with Crippen molar-refractivity contribution in [1.82, 2.24) is 0 Å². The molecule has 0 heteroatoms. The number of aryl methyl sites for hydroxylation is 3. The van der Waals surface area contributed by atoms with Gasteiger partial charge in [-0.25, -0.2) is 0 Å². The van der Waals surface area contributed by atoms with Gasteiger partial charge in [-0.15, -0.1) is 0 Å². The maximum absolute atomic E-state index is 2.28. The van der Waals surface area contributed by atoms with Crippen LogP contribution in [0, 0.1) is 20.8 Å². The second-order valence-electron chi connectivity index (χ2n) is 5.96. The number of hydrogen-bond acceptors (Lipinski definition) is 0. The van der Waals surface area contributed by atoms with E-state index in [4.69, 9.17) is 0 Å². The van der Waals surface area contributed by atoms with Crippen molar-refractivity contribution in [3.8, 4) is 0 Å². The molecule has 0 aliphatic heterocycles.